The minimum absolute atomic E-state index is 0.203. The van der Waals surface area contributed by atoms with Crippen LogP contribution in [0.5, 0.6) is 0 Å². The number of para-hydroxylation sites is 1. The minimum atomic E-state index is -0.282. The molecule has 0 saturated carbocycles. The zero-order valence-electron chi connectivity index (χ0n) is 16.2. The Morgan fingerprint density at radius 2 is 1.90 bits per heavy atom. The maximum absolute atomic E-state index is 12.4. The van der Waals surface area contributed by atoms with Crippen LogP contribution >= 0.6 is 0 Å². The summed E-state index contributed by atoms with van der Waals surface area (Å²) in [5, 5.41) is 10.2. The number of nitrogens with two attached hydrogens (primary N) is 1. The number of hydrogen-bond donors (Lipinski definition) is 3. The molecule has 150 valence electrons. The van der Waals surface area contributed by atoms with Crippen LogP contribution in [0.2, 0.25) is 0 Å². The molecular formula is C20H24N8O. The van der Waals surface area contributed by atoms with E-state index in [9.17, 15) is 4.79 Å². The van der Waals surface area contributed by atoms with Crippen molar-refractivity contribution >= 4 is 29.3 Å². The summed E-state index contributed by atoms with van der Waals surface area (Å²) in [6.07, 6.45) is 5.16. The van der Waals surface area contributed by atoms with Gasteiger partial charge in [0, 0.05) is 31.0 Å². The maximum atomic E-state index is 12.4. The van der Waals surface area contributed by atoms with Gasteiger partial charge in [0.1, 0.15) is 11.6 Å². The first-order chi connectivity index (χ1) is 14.1. The Kier molecular flexibility index (Phi) is 5.28. The molecule has 0 aliphatic carbocycles. The highest BCUT2D eigenvalue weighted by molar-refractivity contribution is 5.99. The largest absolute Gasteiger partial charge is 0.368 e. The number of nitrogen functional groups attached to an aromatic ring is 1. The Morgan fingerprint density at radius 1 is 1.10 bits per heavy atom. The van der Waals surface area contributed by atoms with Gasteiger partial charge in [0.2, 0.25) is 5.95 Å². The smallest absolute Gasteiger partial charge is 0.324 e. The number of aryl methyl sites for hydroxylation is 1. The fourth-order valence-corrected chi connectivity index (χ4v) is 3.57. The summed E-state index contributed by atoms with van der Waals surface area (Å²) in [5.74, 6) is 1.80. The Hall–Kier alpha value is -3.62. The highest BCUT2D eigenvalue weighted by Gasteiger charge is 2.24. The predicted molar refractivity (Wildman–Crippen MR) is 113 cm³/mol. The van der Waals surface area contributed by atoms with Crippen LogP contribution in [0.3, 0.4) is 0 Å². The summed E-state index contributed by atoms with van der Waals surface area (Å²) in [5.41, 5.74) is 7.49. The summed E-state index contributed by atoms with van der Waals surface area (Å²) in [4.78, 5) is 22.9. The number of benzene rings is 1. The normalized spacial score (nSPS) is 14.6. The van der Waals surface area contributed by atoms with Gasteiger partial charge in [-0.3, -0.25) is 5.32 Å². The van der Waals surface area contributed by atoms with E-state index in [-0.39, 0.29) is 18.0 Å². The second kappa shape index (κ2) is 8.17. The first-order valence-corrected chi connectivity index (χ1v) is 9.61. The number of amides is 2. The second-order valence-corrected chi connectivity index (χ2v) is 7.05. The van der Waals surface area contributed by atoms with E-state index in [1.165, 1.54) is 0 Å². The summed E-state index contributed by atoms with van der Waals surface area (Å²) in [6, 6.07) is 11.3. The molecule has 1 saturated heterocycles. The van der Waals surface area contributed by atoms with Crippen molar-refractivity contribution in [1.82, 2.24) is 19.7 Å². The maximum Gasteiger partial charge on any atom is 0.324 e. The van der Waals surface area contributed by atoms with Crippen molar-refractivity contribution in [3.05, 3.63) is 54.4 Å². The van der Waals surface area contributed by atoms with Gasteiger partial charge in [0.15, 0.2) is 0 Å². The number of hydrogen-bond acceptors (Lipinski definition) is 6. The molecule has 9 nitrogen and oxygen atoms in total. The third kappa shape index (κ3) is 4.29. The Bertz CT molecular complexity index is 993. The average Bonchev–Trinajstić information content (AvgIpc) is 3.18. The van der Waals surface area contributed by atoms with Crippen LogP contribution in [0.4, 0.5) is 28.1 Å². The number of carbonyl (C=O) groups is 1. The molecule has 1 aromatic carbocycles. The molecule has 4 N–H and O–H groups in total. The summed E-state index contributed by atoms with van der Waals surface area (Å²) in [6.45, 7) is 3.62. The van der Waals surface area contributed by atoms with Crippen LogP contribution in [0.1, 0.15) is 24.4 Å². The zero-order valence-corrected chi connectivity index (χ0v) is 16.2. The van der Waals surface area contributed by atoms with Crippen molar-refractivity contribution in [2.75, 3.05) is 34.4 Å². The van der Waals surface area contributed by atoms with Crippen LogP contribution in [0.15, 0.2) is 48.8 Å². The van der Waals surface area contributed by atoms with E-state index in [2.05, 4.69) is 30.6 Å². The standard InChI is InChI=1S/C20H24N8O/c1-14-4-2-3-5-16(14)24-20(29)26-18-7-11-23-28(18)15-8-12-27(13-9-15)17-6-10-22-19(21)25-17/h2-7,10-11,15H,8-9,12-13H2,1H3,(H2,21,22,25)(H2,24,26,29). The topological polar surface area (TPSA) is 114 Å². The highest BCUT2D eigenvalue weighted by atomic mass is 16.2. The third-order valence-electron chi connectivity index (χ3n) is 5.10. The van der Waals surface area contributed by atoms with Crippen molar-refractivity contribution in [1.29, 1.82) is 0 Å². The number of aromatic nitrogens is 4. The van der Waals surface area contributed by atoms with E-state index >= 15 is 0 Å². The molecule has 0 unspecified atom stereocenters. The molecule has 0 bridgehead atoms. The van der Waals surface area contributed by atoms with E-state index < -0.39 is 0 Å². The van der Waals surface area contributed by atoms with Gasteiger partial charge in [0.25, 0.3) is 0 Å². The number of piperidine rings is 1. The van der Waals surface area contributed by atoms with Crippen molar-refractivity contribution < 1.29 is 4.79 Å². The lowest BCUT2D eigenvalue weighted by molar-refractivity contribution is 0.261. The molecule has 0 spiro atoms. The SMILES string of the molecule is Cc1ccccc1NC(=O)Nc1ccnn1C1CCN(c2ccnc(N)n2)CC1. The predicted octanol–water partition coefficient (Wildman–Crippen LogP) is 3.05. The van der Waals surface area contributed by atoms with Gasteiger partial charge in [0.05, 0.1) is 12.2 Å². The lowest BCUT2D eigenvalue weighted by Gasteiger charge is -2.33. The van der Waals surface area contributed by atoms with Crippen LogP contribution in [-0.4, -0.2) is 38.9 Å². The number of nitrogens with one attached hydrogen (secondary N) is 2. The molecule has 1 aliphatic rings. The molecular weight excluding hydrogens is 368 g/mol. The quantitative estimate of drug-likeness (QED) is 0.629. The number of nitrogens with zero attached hydrogens (tertiary/aromatic N) is 5. The van der Waals surface area contributed by atoms with E-state index in [4.69, 9.17) is 5.73 Å². The van der Waals surface area contributed by atoms with Crippen molar-refractivity contribution in [2.24, 2.45) is 0 Å². The molecule has 4 rings (SSSR count). The molecule has 1 aliphatic heterocycles. The van der Waals surface area contributed by atoms with Crippen LogP contribution in [-0.2, 0) is 0 Å². The number of anilines is 4. The molecule has 1 fully saturated rings. The van der Waals surface area contributed by atoms with Gasteiger partial charge >= 0.3 is 6.03 Å². The van der Waals surface area contributed by atoms with Crippen molar-refractivity contribution in [2.45, 2.75) is 25.8 Å². The van der Waals surface area contributed by atoms with Gasteiger partial charge < -0.3 is 16.0 Å². The van der Waals surface area contributed by atoms with Crippen molar-refractivity contribution in [3.63, 3.8) is 0 Å². The average molecular weight is 392 g/mol. The van der Waals surface area contributed by atoms with Gasteiger partial charge in [-0.1, -0.05) is 18.2 Å². The van der Waals surface area contributed by atoms with E-state index in [1.54, 1.807) is 12.4 Å². The molecule has 3 aromatic rings. The summed E-state index contributed by atoms with van der Waals surface area (Å²) in [7, 11) is 0. The first kappa shape index (κ1) is 18.7. The van der Waals surface area contributed by atoms with Crippen molar-refractivity contribution in [3.8, 4) is 0 Å². The van der Waals surface area contributed by atoms with E-state index in [0.717, 1.165) is 43.0 Å². The Balaban J connectivity index is 1.38. The molecule has 0 atom stereocenters. The van der Waals surface area contributed by atoms with E-state index in [0.29, 0.717) is 5.82 Å². The third-order valence-corrected chi connectivity index (χ3v) is 5.10. The van der Waals surface area contributed by atoms with E-state index in [1.807, 2.05) is 48.0 Å². The number of rotatable bonds is 4. The molecule has 9 heteroatoms. The molecule has 29 heavy (non-hydrogen) atoms. The van der Waals surface area contributed by atoms with Gasteiger partial charge in [-0.05, 0) is 37.5 Å². The van der Waals surface area contributed by atoms with Crippen LogP contribution < -0.4 is 21.3 Å². The van der Waals surface area contributed by atoms with Gasteiger partial charge in [-0.15, -0.1) is 0 Å². The van der Waals surface area contributed by atoms with Gasteiger partial charge in [-0.25, -0.2) is 14.5 Å². The molecule has 3 heterocycles. The molecule has 2 amide bonds. The first-order valence-electron chi connectivity index (χ1n) is 9.61. The monoisotopic (exact) mass is 392 g/mol. The Labute approximate surface area is 169 Å². The number of urea groups is 1. The van der Waals surface area contributed by atoms with Crippen LogP contribution in [0.25, 0.3) is 0 Å². The lowest BCUT2D eigenvalue weighted by atomic mass is 10.1. The fourth-order valence-electron chi connectivity index (χ4n) is 3.57. The molecule has 2 aromatic heterocycles. The minimum Gasteiger partial charge on any atom is -0.368 e. The Morgan fingerprint density at radius 3 is 2.66 bits per heavy atom. The fraction of sp³-hybridized carbons (Fsp3) is 0.300. The molecule has 0 radical (unpaired) electrons. The lowest BCUT2D eigenvalue weighted by Crippen LogP contribution is -2.36. The summed E-state index contributed by atoms with van der Waals surface area (Å²) < 4.78 is 1.89. The summed E-state index contributed by atoms with van der Waals surface area (Å²) >= 11 is 0. The second-order valence-electron chi connectivity index (χ2n) is 7.05. The number of carbonyl (C=O) groups excluding carboxylic acids is 1. The van der Waals surface area contributed by atoms with Gasteiger partial charge in [-0.2, -0.15) is 10.1 Å². The zero-order chi connectivity index (χ0) is 20.2. The highest BCUT2D eigenvalue weighted by Crippen LogP contribution is 2.27. The van der Waals surface area contributed by atoms with Crippen LogP contribution in [0, 0.1) is 6.92 Å².